The number of amides is 1. The van der Waals surface area contributed by atoms with Gasteiger partial charge >= 0.3 is 6.18 Å². The Balaban J connectivity index is 1.88. The summed E-state index contributed by atoms with van der Waals surface area (Å²) in [7, 11) is 0. The zero-order valence-corrected chi connectivity index (χ0v) is 14.2. The van der Waals surface area contributed by atoms with Gasteiger partial charge in [0, 0.05) is 24.2 Å². The molecule has 0 aromatic heterocycles. The van der Waals surface area contributed by atoms with Crippen LogP contribution < -0.4 is 10.1 Å². The van der Waals surface area contributed by atoms with E-state index in [-0.39, 0.29) is 18.5 Å². The van der Waals surface area contributed by atoms with Gasteiger partial charge in [0.05, 0.1) is 6.54 Å². The van der Waals surface area contributed by atoms with Crippen LogP contribution in [0.25, 0.3) is 0 Å². The molecule has 24 heavy (non-hydrogen) atoms. The van der Waals surface area contributed by atoms with Crippen LogP contribution in [0.4, 0.5) is 13.2 Å². The molecule has 1 aliphatic heterocycles. The summed E-state index contributed by atoms with van der Waals surface area (Å²) >= 11 is 5.80. The lowest BCUT2D eigenvalue weighted by atomic mass is 10.1. The number of ether oxygens (including phenoxy) is 1. The van der Waals surface area contributed by atoms with Crippen molar-refractivity contribution in [1.82, 2.24) is 10.2 Å². The molecule has 0 saturated carbocycles. The average Bonchev–Trinajstić information content (AvgIpc) is 2.86. The molecule has 1 atom stereocenters. The number of likely N-dealkylation sites (tertiary alicyclic amines) is 1. The normalized spacial score (nSPS) is 19.3. The van der Waals surface area contributed by atoms with Crippen LogP contribution in [0.1, 0.15) is 20.3 Å². The van der Waals surface area contributed by atoms with Gasteiger partial charge in [-0.05, 0) is 44.5 Å². The lowest BCUT2D eigenvalue weighted by Gasteiger charge is -2.27. The molecule has 1 saturated heterocycles. The summed E-state index contributed by atoms with van der Waals surface area (Å²) in [5.41, 5.74) is -1.15. The summed E-state index contributed by atoms with van der Waals surface area (Å²) < 4.78 is 42.9. The average molecular weight is 365 g/mol. The van der Waals surface area contributed by atoms with Crippen LogP contribution >= 0.6 is 11.6 Å². The second kappa shape index (κ2) is 7.19. The zero-order chi connectivity index (χ0) is 18.0. The number of rotatable bonds is 5. The molecule has 1 N–H and O–H groups in total. The summed E-state index contributed by atoms with van der Waals surface area (Å²) in [4.78, 5) is 13.7. The molecule has 2 rings (SSSR count). The predicted molar refractivity (Wildman–Crippen MR) is 85.2 cm³/mol. The Morgan fingerprint density at radius 2 is 1.96 bits per heavy atom. The monoisotopic (exact) mass is 364 g/mol. The maximum atomic E-state index is 12.4. The van der Waals surface area contributed by atoms with E-state index in [1.54, 1.807) is 38.1 Å². The second-order valence-corrected chi connectivity index (χ2v) is 6.81. The van der Waals surface area contributed by atoms with Crippen molar-refractivity contribution < 1.29 is 22.7 Å². The van der Waals surface area contributed by atoms with Gasteiger partial charge in [-0.2, -0.15) is 13.2 Å². The lowest BCUT2D eigenvalue weighted by Crippen LogP contribution is -2.50. The van der Waals surface area contributed by atoms with Crippen molar-refractivity contribution in [1.29, 1.82) is 0 Å². The highest BCUT2D eigenvalue weighted by Gasteiger charge is 2.37. The van der Waals surface area contributed by atoms with Crippen LogP contribution in [0.3, 0.4) is 0 Å². The first-order valence-corrected chi connectivity index (χ1v) is 7.98. The van der Waals surface area contributed by atoms with Crippen molar-refractivity contribution >= 4 is 17.5 Å². The molecule has 1 aromatic rings. The Kier molecular flexibility index (Phi) is 5.65. The van der Waals surface area contributed by atoms with E-state index < -0.39 is 18.3 Å². The molecule has 0 spiro atoms. The lowest BCUT2D eigenvalue weighted by molar-refractivity contribution is -0.143. The third-order valence-corrected chi connectivity index (χ3v) is 4.00. The van der Waals surface area contributed by atoms with Gasteiger partial charge in [0.15, 0.2) is 5.60 Å². The fourth-order valence-corrected chi connectivity index (χ4v) is 2.68. The van der Waals surface area contributed by atoms with Gasteiger partial charge in [-0.3, -0.25) is 9.69 Å². The number of carbonyl (C=O) groups excluding carboxylic acids is 1. The molecular formula is C16H20ClF3N2O2. The van der Waals surface area contributed by atoms with Gasteiger partial charge in [-0.25, -0.2) is 0 Å². The molecule has 1 aliphatic rings. The van der Waals surface area contributed by atoms with Crippen LogP contribution in [0.15, 0.2) is 24.3 Å². The molecule has 0 radical (unpaired) electrons. The molecule has 1 heterocycles. The maximum Gasteiger partial charge on any atom is 0.401 e. The van der Waals surface area contributed by atoms with Gasteiger partial charge in [0.1, 0.15) is 5.75 Å². The molecule has 134 valence electrons. The Bertz CT molecular complexity index is 576. The van der Waals surface area contributed by atoms with E-state index in [2.05, 4.69) is 5.32 Å². The Morgan fingerprint density at radius 1 is 1.33 bits per heavy atom. The van der Waals surface area contributed by atoms with Gasteiger partial charge < -0.3 is 10.1 Å². The molecule has 1 fully saturated rings. The number of halogens is 4. The van der Waals surface area contributed by atoms with Crippen LogP contribution in [0, 0.1) is 0 Å². The van der Waals surface area contributed by atoms with Crippen LogP contribution in [0.2, 0.25) is 5.02 Å². The molecule has 0 aliphatic carbocycles. The summed E-state index contributed by atoms with van der Waals surface area (Å²) in [6.45, 7) is 2.76. The van der Waals surface area contributed by atoms with Crippen LogP contribution in [-0.4, -0.2) is 48.3 Å². The smallest absolute Gasteiger partial charge is 0.401 e. The standard InChI is InChI=1S/C16H20ClF3N2O2/c1-15(2,24-13-5-3-11(17)4-6-13)14(23)21-12-7-8-22(9-12)10-16(18,19)20/h3-6,12H,7-10H2,1-2H3,(H,21,23). The Labute approximate surface area is 143 Å². The van der Waals surface area contributed by atoms with Gasteiger partial charge in [-0.15, -0.1) is 0 Å². The van der Waals surface area contributed by atoms with E-state index >= 15 is 0 Å². The topological polar surface area (TPSA) is 41.6 Å². The Hall–Kier alpha value is -1.47. The zero-order valence-electron chi connectivity index (χ0n) is 13.5. The van der Waals surface area contributed by atoms with E-state index in [9.17, 15) is 18.0 Å². The van der Waals surface area contributed by atoms with Crippen molar-refractivity contribution in [3.05, 3.63) is 29.3 Å². The second-order valence-electron chi connectivity index (χ2n) is 6.38. The molecule has 4 nitrogen and oxygen atoms in total. The quantitative estimate of drug-likeness (QED) is 0.872. The van der Waals surface area contributed by atoms with E-state index in [4.69, 9.17) is 16.3 Å². The fourth-order valence-electron chi connectivity index (χ4n) is 2.55. The van der Waals surface area contributed by atoms with Crippen molar-refractivity contribution in [2.24, 2.45) is 0 Å². The summed E-state index contributed by atoms with van der Waals surface area (Å²) in [5, 5.41) is 3.32. The summed E-state index contributed by atoms with van der Waals surface area (Å²) in [6, 6.07) is 6.29. The number of hydrogen-bond acceptors (Lipinski definition) is 3. The Morgan fingerprint density at radius 3 is 2.54 bits per heavy atom. The van der Waals surface area contributed by atoms with Crippen molar-refractivity contribution in [3.8, 4) is 5.75 Å². The first-order valence-electron chi connectivity index (χ1n) is 7.60. The van der Waals surface area contributed by atoms with Gasteiger partial charge in [-0.1, -0.05) is 11.6 Å². The van der Waals surface area contributed by atoms with E-state index in [0.29, 0.717) is 23.7 Å². The molecule has 1 aromatic carbocycles. The SMILES string of the molecule is CC(C)(Oc1ccc(Cl)cc1)C(=O)NC1CCN(CC(F)(F)F)C1. The highest BCUT2D eigenvalue weighted by Crippen LogP contribution is 2.23. The highest BCUT2D eigenvalue weighted by molar-refractivity contribution is 6.30. The van der Waals surface area contributed by atoms with Crippen molar-refractivity contribution in [3.63, 3.8) is 0 Å². The number of hydrogen-bond donors (Lipinski definition) is 1. The molecule has 0 bridgehead atoms. The minimum Gasteiger partial charge on any atom is -0.478 e. The third kappa shape index (κ3) is 5.56. The number of nitrogens with zero attached hydrogens (tertiary/aromatic N) is 1. The first-order chi connectivity index (χ1) is 11.0. The number of nitrogens with one attached hydrogen (secondary N) is 1. The molecule has 1 amide bonds. The van der Waals surface area contributed by atoms with Gasteiger partial charge in [0.2, 0.25) is 0 Å². The van der Waals surface area contributed by atoms with E-state index in [0.717, 1.165) is 0 Å². The predicted octanol–water partition coefficient (Wildman–Crippen LogP) is 3.25. The summed E-state index contributed by atoms with van der Waals surface area (Å²) in [6.07, 6.45) is -3.74. The minimum absolute atomic E-state index is 0.183. The number of carbonyl (C=O) groups is 1. The molecule has 1 unspecified atom stereocenters. The molecule has 8 heteroatoms. The minimum atomic E-state index is -4.23. The maximum absolute atomic E-state index is 12.4. The summed E-state index contributed by atoms with van der Waals surface area (Å²) in [5.74, 6) is 0.126. The third-order valence-electron chi connectivity index (χ3n) is 3.74. The van der Waals surface area contributed by atoms with E-state index in [1.165, 1.54) is 4.90 Å². The molecular weight excluding hydrogens is 345 g/mol. The largest absolute Gasteiger partial charge is 0.478 e. The van der Waals surface area contributed by atoms with Gasteiger partial charge in [0.25, 0.3) is 5.91 Å². The number of alkyl halides is 3. The highest BCUT2D eigenvalue weighted by atomic mass is 35.5. The van der Waals surface area contributed by atoms with Crippen molar-refractivity contribution in [2.75, 3.05) is 19.6 Å². The van der Waals surface area contributed by atoms with Crippen LogP contribution in [0.5, 0.6) is 5.75 Å². The number of benzene rings is 1. The van der Waals surface area contributed by atoms with Crippen LogP contribution in [-0.2, 0) is 4.79 Å². The van der Waals surface area contributed by atoms with E-state index in [1.807, 2.05) is 0 Å². The fraction of sp³-hybridized carbons (Fsp3) is 0.562. The first kappa shape index (κ1) is 18.9. The van der Waals surface area contributed by atoms with Crippen molar-refractivity contribution in [2.45, 2.75) is 38.1 Å².